The van der Waals surface area contributed by atoms with Gasteiger partial charge in [-0.15, -0.1) is 0 Å². The summed E-state index contributed by atoms with van der Waals surface area (Å²) in [6.45, 7) is 5.39. The van der Waals surface area contributed by atoms with Crippen molar-refractivity contribution in [2.75, 3.05) is 18.4 Å². The Morgan fingerprint density at radius 1 is 1.41 bits per heavy atom. The third kappa shape index (κ3) is 2.84. The highest BCUT2D eigenvalue weighted by atomic mass is 16.2. The molecule has 2 aromatic rings. The number of carbonyl (C=O) groups is 2. The van der Waals surface area contributed by atoms with Crippen molar-refractivity contribution < 1.29 is 9.59 Å². The standard InChI is InChI=1S/C17H21N3O2/c1-11(2)9-20-10-12(8-16(20)21)17(22)19-15-5-3-4-14-13(15)6-7-18-14/h3-7,11-12,18H,8-10H2,1-2H3,(H,19,22). The van der Waals surface area contributed by atoms with E-state index in [1.54, 1.807) is 4.90 Å². The van der Waals surface area contributed by atoms with Gasteiger partial charge in [-0.05, 0) is 24.1 Å². The molecule has 1 unspecified atom stereocenters. The van der Waals surface area contributed by atoms with Crippen molar-refractivity contribution >= 4 is 28.4 Å². The van der Waals surface area contributed by atoms with E-state index in [-0.39, 0.29) is 17.7 Å². The molecule has 2 heterocycles. The maximum atomic E-state index is 12.5. The summed E-state index contributed by atoms with van der Waals surface area (Å²) in [6.07, 6.45) is 2.16. The van der Waals surface area contributed by atoms with Gasteiger partial charge in [0.15, 0.2) is 0 Å². The van der Waals surface area contributed by atoms with E-state index in [4.69, 9.17) is 0 Å². The molecule has 5 heteroatoms. The van der Waals surface area contributed by atoms with Crippen molar-refractivity contribution in [1.82, 2.24) is 9.88 Å². The lowest BCUT2D eigenvalue weighted by atomic mass is 10.1. The van der Waals surface area contributed by atoms with Crippen LogP contribution in [-0.4, -0.2) is 34.8 Å². The summed E-state index contributed by atoms with van der Waals surface area (Å²) in [4.78, 5) is 29.4. The Bertz CT molecular complexity index is 705. The maximum absolute atomic E-state index is 12.5. The van der Waals surface area contributed by atoms with Crippen LogP contribution in [0.25, 0.3) is 10.9 Å². The Morgan fingerprint density at radius 3 is 3.00 bits per heavy atom. The van der Waals surface area contributed by atoms with Crippen molar-refractivity contribution in [2.45, 2.75) is 20.3 Å². The van der Waals surface area contributed by atoms with Gasteiger partial charge in [-0.3, -0.25) is 9.59 Å². The molecule has 1 aliphatic rings. The third-order valence-corrected chi connectivity index (χ3v) is 4.02. The number of likely N-dealkylation sites (tertiary alicyclic amines) is 1. The van der Waals surface area contributed by atoms with Gasteiger partial charge in [0.1, 0.15) is 0 Å². The Morgan fingerprint density at radius 2 is 2.23 bits per heavy atom. The van der Waals surface area contributed by atoms with Gasteiger partial charge in [0.2, 0.25) is 11.8 Å². The van der Waals surface area contributed by atoms with Crippen molar-refractivity contribution in [3.05, 3.63) is 30.5 Å². The number of rotatable bonds is 4. The molecule has 0 bridgehead atoms. The Balaban J connectivity index is 1.70. The van der Waals surface area contributed by atoms with Crippen molar-refractivity contribution in [2.24, 2.45) is 11.8 Å². The van der Waals surface area contributed by atoms with Gasteiger partial charge < -0.3 is 15.2 Å². The van der Waals surface area contributed by atoms with Gasteiger partial charge in [0.05, 0.1) is 11.6 Å². The molecule has 3 rings (SSSR count). The van der Waals surface area contributed by atoms with Crippen LogP contribution in [0.4, 0.5) is 5.69 Å². The molecule has 2 N–H and O–H groups in total. The first kappa shape index (κ1) is 14.6. The quantitative estimate of drug-likeness (QED) is 0.911. The second kappa shape index (κ2) is 5.83. The lowest BCUT2D eigenvalue weighted by Gasteiger charge is -2.18. The summed E-state index contributed by atoms with van der Waals surface area (Å²) in [6, 6.07) is 7.69. The summed E-state index contributed by atoms with van der Waals surface area (Å²) in [5.74, 6) is 0.154. The Kier molecular flexibility index (Phi) is 3.88. The van der Waals surface area contributed by atoms with Crippen LogP contribution >= 0.6 is 0 Å². The van der Waals surface area contributed by atoms with Crippen LogP contribution in [0.3, 0.4) is 0 Å². The van der Waals surface area contributed by atoms with Crippen LogP contribution in [0.2, 0.25) is 0 Å². The molecule has 5 nitrogen and oxygen atoms in total. The molecule has 1 aromatic carbocycles. The van der Waals surface area contributed by atoms with Crippen LogP contribution in [0.1, 0.15) is 20.3 Å². The SMILES string of the molecule is CC(C)CN1CC(C(=O)Nc2cccc3[nH]ccc23)CC1=O. The molecule has 0 saturated carbocycles. The normalized spacial score (nSPS) is 18.4. The van der Waals surface area contributed by atoms with Crippen LogP contribution in [0.5, 0.6) is 0 Å². The number of anilines is 1. The van der Waals surface area contributed by atoms with E-state index >= 15 is 0 Å². The zero-order valence-corrected chi connectivity index (χ0v) is 12.9. The van der Waals surface area contributed by atoms with Crippen LogP contribution in [-0.2, 0) is 9.59 Å². The van der Waals surface area contributed by atoms with E-state index in [2.05, 4.69) is 24.1 Å². The monoisotopic (exact) mass is 299 g/mol. The summed E-state index contributed by atoms with van der Waals surface area (Å²) in [5, 5.41) is 3.95. The van der Waals surface area contributed by atoms with Gasteiger partial charge in [0, 0.05) is 36.6 Å². The number of aromatic amines is 1. The van der Waals surface area contributed by atoms with E-state index in [9.17, 15) is 9.59 Å². The minimum atomic E-state index is -0.263. The minimum Gasteiger partial charge on any atom is -0.361 e. The highest BCUT2D eigenvalue weighted by Crippen LogP contribution is 2.25. The van der Waals surface area contributed by atoms with E-state index in [1.807, 2.05) is 30.5 Å². The number of nitrogens with zero attached hydrogens (tertiary/aromatic N) is 1. The van der Waals surface area contributed by atoms with E-state index < -0.39 is 0 Å². The van der Waals surface area contributed by atoms with Crippen LogP contribution < -0.4 is 5.32 Å². The Hall–Kier alpha value is -2.30. The number of hydrogen-bond acceptors (Lipinski definition) is 2. The van der Waals surface area contributed by atoms with E-state index in [1.165, 1.54) is 0 Å². The number of carbonyl (C=O) groups excluding carboxylic acids is 2. The second-order valence-corrected chi connectivity index (χ2v) is 6.33. The molecule has 22 heavy (non-hydrogen) atoms. The lowest BCUT2D eigenvalue weighted by Crippen LogP contribution is -2.31. The molecule has 1 fully saturated rings. The molecule has 0 spiro atoms. The van der Waals surface area contributed by atoms with Crippen molar-refractivity contribution in [3.8, 4) is 0 Å². The largest absolute Gasteiger partial charge is 0.361 e. The number of fused-ring (bicyclic) bond motifs is 1. The molecule has 1 atom stereocenters. The average molecular weight is 299 g/mol. The topological polar surface area (TPSA) is 65.2 Å². The molecule has 0 radical (unpaired) electrons. The predicted molar refractivity (Wildman–Crippen MR) is 86.5 cm³/mol. The second-order valence-electron chi connectivity index (χ2n) is 6.33. The van der Waals surface area contributed by atoms with Crippen molar-refractivity contribution in [3.63, 3.8) is 0 Å². The number of hydrogen-bond donors (Lipinski definition) is 2. The number of H-pyrrole nitrogens is 1. The first-order chi connectivity index (χ1) is 10.5. The first-order valence-corrected chi connectivity index (χ1v) is 7.69. The highest BCUT2D eigenvalue weighted by molar-refractivity contribution is 6.03. The number of benzene rings is 1. The lowest BCUT2D eigenvalue weighted by molar-refractivity contribution is -0.128. The summed E-state index contributed by atoms with van der Waals surface area (Å²) in [5.41, 5.74) is 1.78. The Labute approximate surface area is 129 Å². The molecule has 1 aliphatic heterocycles. The number of nitrogens with one attached hydrogen (secondary N) is 2. The zero-order chi connectivity index (χ0) is 15.7. The van der Waals surface area contributed by atoms with Gasteiger partial charge in [-0.2, -0.15) is 0 Å². The fraction of sp³-hybridized carbons (Fsp3) is 0.412. The minimum absolute atomic E-state index is 0.0756. The molecular weight excluding hydrogens is 278 g/mol. The molecule has 116 valence electrons. The maximum Gasteiger partial charge on any atom is 0.229 e. The number of amides is 2. The molecule has 2 amide bonds. The van der Waals surface area contributed by atoms with Gasteiger partial charge in [0.25, 0.3) is 0 Å². The summed E-state index contributed by atoms with van der Waals surface area (Å²) >= 11 is 0. The first-order valence-electron chi connectivity index (χ1n) is 7.69. The van der Waals surface area contributed by atoms with Crippen molar-refractivity contribution in [1.29, 1.82) is 0 Å². The average Bonchev–Trinajstić information content (AvgIpc) is 3.06. The smallest absolute Gasteiger partial charge is 0.229 e. The predicted octanol–water partition coefficient (Wildman–Crippen LogP) is 2.61. The van der Waals surface area contributed by atoms with Gasteiger partial charge in [-0.25, -0.2) is 0 Å². The highest BCUT2D eigenvalue weighted by Gasteiger charge is 2.34. The van der Waals surface area contributed by atoms with E-state index in [0.29, 0.717) is 18.9 Å². The fourth-order valence-electron chi connectivity index (χ4n) is 2.99. The summed E-state index contributed by atoms with van der Waals surface area (Å²) in [7, 11) is 0. The molecule has 1 aromatic heterocycles. The zero-order valence-electron chi connectivity index (χ0n) is 12.9. The molecular formula is C17H21N3O2. The molecule has 1 saturated heterocycles. The number of aromatic nitrogens is 1. The summed E-state index contributed by atoms with van der Waals surface area (Å²) < 4.78 is 0. The van der Waals surface area contributed by atoms with Gasteiger partial charge >= 0.3 is 0 Å². The van der Waals surface area contributed by atoms with E-state index in [0.717, 1.165) is 23.1 Å². The molecule has 0 aliphatic carbocycles. The third-order valence-electron chi connectivity index (χ3n) is 4.02. The fourth-order valence-corrected chi connectivity index (χ4v) is 2.99. The van der Waals surface area contributed by atoms with Crippen LogP contribution in [0, 0.1) is 11.8 Å². The van der Waals surface area contributed by atoms with Crippen LogP contribution in [0.15, 0.2) is 30.5 Å². The van der Waals surface area contributed by atoms with Gasteiger partial charge in [-0.1, -0.05) is 19.9 Å².